The lowest BCUT2D eigenvalue weighted by Crippen LogP contribution is -2.46. The highest BCUT2D eigenvalue weighted by Crippen LogP contribution is 2.22. The molecule has 2 amide bonds. The Bertz CT molecular complexity index is 1110. The zero-order valence-electron chi connectivity index (χ0n) is 18.1. The van der Waals surface area contributed by atoms with E-state index in [0.717, 1.165) is 12.8 Å². The number of benzene rings is 2. The standard InChI is InChI=1S/C23H27ClN4O4S/c24-16-5-9-19(10-6-16)33(31,32)27-18-11-13-28(14-12-18)15-22(29)26-21-4-2-1-3-20(21)23(30)25-17-7-8-17/h1-6,9-10,17-18,27H,7-8,11-15H2,(H,25,30)(H,26,29). The minimum absolute atomic E-state index is 0.176. The van der Waals surface area contributed by atoms with Gasteiger partial charge in [-0.2, -0.15) is 0 Å². The molecule has 2 aliphatic rings. The number of hydrogen-bond acceptors (Lipinski definition) is 5. The van der Waals surface area contributed by atoms with Crippen LogP contribution in [0, 0.1) is 0 Å². The van der Waals surface area contributed by atoms with Crippen molar-refractivity contribution < 1.29 is 18.0 Å². The van der Waals surface area contributed by atoms with E-state index in [1.807, 2.05) is 4.90 Å². The van der Waals surface area contributed by atoms with Gasteiger partial charge >= 0.3 is 0 Å². The summed E-state index contributed by atoms with van der Waals surface area (Å²) >= 11 is 5.84. The Kier molecular flexibility index (Phi) is 7.33. The van der Waals surface area contributed by atoms with Crippen molar-refractivity contribution in [3.05, 3.63) is 59.1 Å². The van der Waals surface area contributed by atoms with E-state index in [0.29, 0.717) is 42.2 Å². The molecule has 1 saturated carbocycles. The minimum atomic E-state index is -3.62. The molecular formula is C23H27ClN4O4S. The Labute approximate surface area is 198 Å². The van der Waals surface area contributed by atoms with Gasteiger partial charge in [0.25, 0.3) is 5.91 Å². The zero-order valence-corrected chi connectivity index (χ0v) is 19.7. The average Bonchev–Trinajstić information content (AvgIpc) is 3.59. The van der Waals surface area contributed by atoms with E-state index in [4.69, 9.17) is 11.6 Å². The number of nitrogens with one attached hydrogen (secondary N) is 3. The second-order valence-electron chi connectivity index (χ2n) is 8.47. The number of halogens is 1. The highest BCUT2D eigenvalue weighted by Gasteiger charge is 2.27. The van der Waals surface area contributed by atoms with Crippen LogP contribution in [0.4, 0.5) is 5.69 Å². The van der Waals surface area contributed by atoms with Crippen LogP contribution >= 0.6 is 11.6 Å². The lowest BCUT2D eigenvalue weighted by atomic mass is 10.1. The lowest BCUT2D eigenvalue weighted by Gasteiger charge is -2.31. The van der Waals surface area contributed by atoms with Gasteiger partial charge in [-0.1, -0.05) is 23.7 Å². The van der Waals surface area contributed by atoms with Gasteiger partial charge in [0, 0.05) is 30.2 Å². The first-order valence-corrected chi connectivity index (χ1v) is 12.9. The number of carbonyl (C=O) groups excluding carboxylic acids is 2. The number of rotatable bonds is 8. The van der Waals surface area contributed by atoms with Crippen molar-refractivity contribution in [2.24, 2.45) is 0 Å². The molecule has 8 nitrogen and oxygen atoms in total. The predicted molar refractivity (Wildman–Crippen MR) is 127 cm³/mol. The molecule has 0 aromatic heterocycles. The van der Waals surface area contributed by atoms with Gasteiger partial charge in [0.15, 0.2) is 0 Å². The molecule has 3 N–H and O–H groups in total. The van der Waals surface area contributed by atoms with Crippen molar-refractivity contribution in [1.29, 1.82) is 0 Å². The Hall–Kier alpha value is -2.46. The van der Waals surface area contributed by atoms with Crippen LogP contribution in [0.1, 0.15) is 36.0 Å². The van der Waals surface area contributed by atoms with Crippen LogP contribution in [0.2, 0.25) is 5.02 Å². The van der Waals surface area contributed by atoms with Crippen LogP contribution in [0.5, 0.6) is 0 Å². The van der Waals surface area contributed by atoms with Gasteiger partial charge in [-0.15, -0.1) is 0 Å². The van der Waals surface area contributed by atoms with Gasteiger partial charge in [0.2, 0.25) is 15.9 Å². The largest absolute Gasteiger partial charge is 0.349 e. The van der Waals surface area contributed by atoms with Crippen LogP contribution in [0.25, 0.3) is 0 Å². The molecular weight excluding hydrogens is 464 g/mol. The smallest absolute Gasteiger partial charge is 0.253 e. The number of carbonyl (C=O) groups is 2. The molecule has 0 spiro atoms. The average molecular weight is 491 g/mol. The molecule has 0 bridgehead atoms. The first-order valence-electron chi connectivity index (χ1n) is 11.0. The van der Waals surface area contributed by atoms with Gasteiger partial charge in [-0.25, -0.2) is 13.1 Å². The maximum Gasteiger partial charge on any atom is 0.253 e. The number of hydrogen-bond donors (Lipinski definition) is 3. The summed E-state index contributed by atoms with van der Waals surface area (Å²) in [5, 5.41) is 6.26. The zero-order chi connectivity index (χ0) is 23.4. The number of anilines is 1. The second kappa shape index (κ2) is 10.2. The van der Waals surface area contributed by atoms with E-state index in [1.165, 1.54) is 12.1 Å². The molecule has 1 aliphatic carbocycles. The molecule has 2 fully saturated rings. The third-order valence-corrected chi connectivity index (χ3v) is 7.55. The number of sulfonamides is 1. The first kappa shape index (κ1) is 23.7. The first-order chi connectivity index (χ1) is 15.8. The number of piperidine rings is 1. The molecule has 0 atom stereocenters. The molecule has 33 heavy (non-hydrogen) atoms. The van der Waals surface area contributed by atoms with Crippen LogP contribution in [0.15, 0.2) is 53.4 Å². The van der Waals surface area contributed by atoms with Gasteiger partial charge in [-0.05, 0) is 62.1 Å². The van der Waals surface area contributed by atoms with Crippen molar-refractivity contribution >= 4 is 39.1 Å². The Balaban J connectivity index is 1.27. The number of nitrogens with zero attached hydrogens (tertiary/aromatic N) is 1. The third-order valence-electron chi connectivity index (χ3n) is 5.76. The SMILES string of the molecule is O=C(CN1CCC(NS(=O)(=O)c2ccc(Cl)cc2)CC1)Nc1ccccc1C(=O)NC1CC1. The molecule has 4 rings (SSSR count). The highest BCUT2D eigenvalue weighted by molar-refractivity contribution is 7.89. The van der Waals surface area contributed by atoms with E-state index in [9.17, 15) is 18.0 Å². The molecule has 1 aliphatic heterocycles. The summed E-state index contributed by atoms with van der Waals surface area (Å²) in [7, 11) is -3.62. The van der Waals surface area contributed by atoms with Crippen molar-refractivity contribution in [3.8, 4) is 0 Å². The number of para-hydroxylation sites is 1. The molecule has 2 aromatic rings. The Morgan fingerprint density at radius 1 is 0.939 bits per heavy atom. The summed E-state index contributed by atoms with van der Waals surface area (Å²) in [5.74, 6) is -0.385. The lowest BCUT2D eigenvalue weighted by molar-refractivity contribution is -0.117. The maximum absolute atomic E-state index is 12.6. The fourth-order valence-corrected chi connectivity index (χ4v) is 5.21. The molecule has 0 radical (unpaired) electrons. The van der Waals surface area contributed by atoms with E-state index in [1.54, 1.807) is 36.4 Å². The third kappa shape index (κ3) is 6.54. The van der Waals surface area contributed by atoms with E-state index in [-0.39, 0.29) is 35.3 Å². The summed E-state index contributed by atoms with van der Waals surface area (Å²) < 4.78 is 27.9. The number of likely N-dealkylation sites (tertiary alicyclic amines) is 1. The van der Waals surface area contributed by atoms with Gasteiger partial charge in [-0.3, -0.25) is 14.5 Å². The summed E-state index contributed by atoms with van der Waals surface area (Å²) in [4.78, 5) is 27.2. The van der Waals surface area contributed by atoms with E-state index in [2.05, 4.69) is 15.4 Å². The van der Waals surface area contributed by atoms with Gasteiger partial charge in [0.05, 0.1) is 22.7 Å². The van der Waals surface area contributed by atoms with Crippen molar-refractivity contribution in [2.75, 3.05) is 25.0 Å². The quantitative estimate of drug-likeness (QED) is 0.527. The molecule has 10 heteroatoms. The summed E-state index contributed by atoms with van der Waals surface area (Å²) in [6.45, 7) is 1.35. The predicted octanol–water partition coefficient (Wildman–Crippen LogP) is 2.61. The Morgan fingerprint density at radius 2 is 1.61 bits per heavy atom. The number of amides is 2. The minimum Gasteiger partial charge on any atom is -0.349 e. The normalized spacial score (nSPS) is 17.5. The van der Waals surface area contributed by atoms with Crippen LogP contribution in [0.3, 0.4) is 0 Å². The fourth-order valence-electron chi connectivity index (χ4n) is 3.78. The van der Waals surface area contributed by atoms with Crippen LogP contribution < -0.4 is 15.4 Å². The summed E-state index contributed by atoms with van der Waals surface area (Å²) in [5.41, 5.74) is 0.944. The highest BCUT2D eigenvalue weighted by atomic mass is 35.5. The van der Waals surface area contributed by atoms with Crippen LogP contribution in [-0.4, -0.2) is 56.9 Å². The second-order valence-corrected chi connectivity index (χ2v) is 10.6. The van der Waals surface area contributed by atoms with E-state index < -0.39 is 10.0 Å². The van der Waals surface area contributed by atoms with Crippen molar-refractivity contribution in [3.63, 3.8) is 0 Å². The molecule has 0 unspecified atom stereocenters. The summed E-state index contributed by atoms with van der Waals surface area (Å²) in [6, 6.07) is 13.1. The van der Waals surface area contributed by atoms with E-state index >= 15 is 0 Å². The monoisotopic (exact) mass is 490 g/mol. The molecule has 176 valence electrons. The van der Waals surface area contributed by atoms with Gasteiger partial charge < -0.3 is 10.6 Å². The van der Waals surface area contributed by atoms with Crippen LogP contribution in [-0.2, 0) is 14.8 Å². The van der Waals surface area contributed by atoms with Crippen molar-refractivity contribution in [1.82, 2.24) is 14.9 Å². The molecule has 1 saturated heterocycles. The fraction of sp³-hybridized carbons (Fsp3) is 0.391. The Morgan fingerprint density at radius 3 is 2.27 bits per heavy atom. The molecule has 2 aromatic carbocycles. The van der Waals surface area contributed by atoms with Crippen molar-refractivity contribution in [2.45, 2.75) is 42.7 Å². The molecule has 1 heterocycles. The maximum atomic E-state index is 12.6. The topological polar surface area (TPSA) is 108 Å². The summed E-state index contributed by atoms with van der Waals surface area (Å²) in [6.07, 6.45) is 3.18. The van der Waals surface area contributed by atoms with Gasteiger partial charge in [0.1, 0.15) is 0 Å².